The Kier molecular flexibility index (Phi) is 8.26. The number of nitrogens with one attached hydrogen (secondary N) is 2. The average molecular weight is 396 g/mol. The van der Waals surface area contributed by atoms with Crippen LogP contribution in [0.5, 0.6) is 0 Å². The van der Waals surface area contributed by atoms with Crippen molar-refractivity contribution in [3.8, 4) is 0 Å². The number of nitrogens with zero attached hydrogens (tertiary/aromatic N) is 1. The molecule has 6 nitrogen and oxygen atoms in total. The highest BCUT2D eigenvalue weighted by molar-refractivity contribution is 7.89. The van der Waals surface area contributed by atoms with Crippen LogP contribution >= 0.6 is 0 Å². The third-order valence-electron chi connectivity index (χ3n) is 4.89. The summed E-state index contributed by atoms with van der Waals surface area (Å²) in [6.07, 6.45) is 3.33. The molecule has 0 aliphatic carbocycles. The highest BCUT2D eigenvalue weighted by Crippen LogP contribution is 2.21. The molecule has 1 heterocycles. The largest absolute Gasteiger partial charge is 0.352 e. The third kappa shape index (κ3) is 6.90. The summed E-state index contributed by atoms with van der Waals surface area (Å²) in [5.74, 6) is 1.38. The number of unbranched alkanes of at least 4 members (excludes halogenated alkanes) is 1. The maximum atomic E-state index is 12.2. The fourth-order valence-electron chi connectivity index (χ4n) is 3.80. The smallest absolute Gasteiger partial charge is 0.251 e. The number of rotatable bonds is 9. The Morgan fingerprint density at radius 2 is 1.74 bits per heavy atom. The molecule has 2 N–H and O–H groups in total. The molecule has 7 heteroatoms. The van der Waals surface area contributed by atoms with Gasteiger partial charge in [-0.25, -0.2) is 13.1 Å². The van der Waals surface area contributed by atoms with Gasteiger partial charge in [-0.15, -0.1) is 0 Å². The van der Waals surface area contributed by atoms with E-state index in [9.17, 15) is 13.2 Å². The van der Waals surface area contributed by atoms with Crippen LogP contribution in [0.25, 0.3) is 0 Å². The van der Waals surface area contributed by atoms with Gasteiger partial charge in [0.15, 0.2) is 0 Å². The lowest BCUT2D eigenvalue weighted by atomic mass is 9.92. The lowest BCUT2D eigenvalue weighted by Gasteiger charge is -2.34. The third-order valence-corrected chi connectivity index (χ3v) is 6.45. The molecule has 1 amide bonds. The first kappa shape index (κ1) is 21.9. The topological polar surface area (TPSA) is 78.5 Å². The molecule has 1 aliphatic rings. The van der Waals surface area contributed by atoms with E-state index >= 15 is 0 Å². The van der Waals surface area contributed by atoms with Gasteiger partial charge in [0.25, 0.3) is 5.91 Å². The van der Waals surface area contributed by atoms with Crippen molar-refractivity contribution in [1.82, 2.24) is 14.9 Å². The molecule has 2 unspecified atom stereocenters. The monoisotopic (exact) mass is 395 g/mol. The Hall–Kier alpha value is -1.44. The van der Waals surface area contributed by atoms with Crippen molar-refractivity contribution < 1.29 is 13.2 Å². The van der Waals surface area contributed by atoms with Crippen LogP contribution in [0.4, 0.5) is 0 Å². The lowest BCUT2D eigenvalue weighted by molar-refractivity contribution is 0.0951. The number of carbonyl (C=O) groups excluding carboxylic acids is 1. The van der Waals surface area contributed by atoms with E-state index in [1.165, 1.54) is 31.6 Å². The van der Waals surface area contributed by atoms with E-state index in [1.807, 2.05) is 0 Å². The molecule has 1 aliphatic heterocycles. The van der Waals surface area contributed by atoms with Crippen molar-refractivity contribution >= 4 is 15.9 Å². The number of amides is 1. The minimum absolute atomic E-state index is 0.164. The van der Waals surface area contributed by atoms with Gasteiger partial charge >= 0.3 is 0 Å². The minimum atomic E-state index is -3.48. The van der Waals surface area contributed by atoms with Gasteiger partial charge in [0.2, 0.25) is 10.0 Å². The van der Waals surface area contributed by atoms with E-state index in [2.05, 4.69) is 28.8 Å². The fourth-order valence-corrected chi connectivity index (χ4v) is 4.84. The van der Waals surface area contributed by atoms with Crippen molar-refractivity contribution in [3.05, 3.63) is 29.8 Å². The number of carbonyl (C=O) groups is 1. The van der Waals surface area contributed by atoms with Crippen LogP contribution in [0.1, 0.15) is 50.4 Å². The highest BCUT2D eigenvalue weighted by Gasteiger charge is 2.21. The predicted octanol–water partition coefficient (Wildman–Crippen LogP) is 2.47. The molecular weight excluding hydrogens is 362 g/mol. The standard InChI is InChI=1S/C20H33N3O3S/c1-4-22-27(25,26)19-9-7-18(8-10-19)20(24)21-11-5-6-12-23-14-16(2)13-17(3)15-23/h7-10,16-17,22H,4-6,11-15H2,1-3H3,(H,21,24). The summed E-state index contributed by atoms with van der Waals surface area (Å²) in [4.78, 5) is 14.9. The summed E-state index contributed by atoms with van der Waals surface area (Å²) >= 11 is 0. The van der Waals surface area contributed by atoms with E-state index < -0.39 is 10.0 Å². The molecule has 1 fully saturated rings. The number of likely N-dealkylation sites (tertiary alicyclic amines) is 1. The van der Waals surface area contributed by atoms with Crippen molar-refractivity contribution in [2.45, 2.75) is 44.9 Å². The van der Waals surface area contributed by atoms with Gasteiger partial charge in [-0.3, -0.25) is 4.79 Å². The minimum Gasteiger partial charge on any atom is -0.352 e. The molecule has 1 aromatic carbocycles. The Bertz CT molecular complexity index is 694. The molecule has 2 rings (SSSR count). The van der Waals surface area contributed by atoms with Gasteiger partial charge in [0.1, 0.15) is 0 Å². The van der Waals surface area contributed by atoms with Crippen LogP contribution in [0.2, 0.25) is 0 Å². The van der Waals surface area contributed by atoms with E-state index in [0.717, 1.165) is 31.2 Å². The summed E-state index contributed by atoms with van der Waals surface area (Å²) in [6.45, 7) is 10.8. The maximum Gasteiger partial charge on any atom is 0.251 e. The van der Waals surface area contributed by atoms with E-state index in [1.54, 1.807) is 19.1 Å². The van der Waals surface area contributed by atoms with Crippen molar-refractivity contribution in [2.75, 3.05) is 32.7 Å². The molecule has 0 radical (unpaired) electrons. The molecule has 0 spiro atoms. The van der Waals surface area contributed by atoms with Gasteiger partial charge in [-0.2, -0.15) is 0 Å². The quantitative estimate of drug-likeness (QED) is 0.630. The van der Waals surface area contributed by atoms with Crippen LogP contribution in [0.15, 0.2) is 29.2 Å². The summed E-state index contributed by atoms with van der Waals surface area (Å²) in [5.41, 5.74) is 0.476. The predicted molar refractivity (Wildman–Crippen MR) is 108 cm³/mol. The summed E-state index contributed by atoms with van der Waals surface area (Å²) < 4.78 is 26.3. The van der Waals surface area contributed by atoms with Gasteiger partial charge in [0, 0.05) is 31.7 Å². The van der Waals surface area contributed by atoms with Gasteiger partial charge < -0.3 is 10.2 Å². The van der Waals surface area contributed by atoms with Crippen LogP contribution in [0.3, 0.4) is 0 Å². The zero-order valence-electron chi connectivity index (χ0n) is 16.7. The van der Waals surface area contributed by atoms with E-state index in [0.29, 0.717) is 18.7 Å². The molecule has 0 saturated carbocycles. The number of piperidine rings is 1. The molecular formula is C20H33N3O3S. The molecule has 27 heavy (non-hydrogen) atoms. The van der Waals surface area contributed by atoms with Crippen molar-refractivity contribution in [2.24, 2.45) is 11.8 Å². The molecule has 1 aromatic rings. The van der Waals surface area contributed by atoms with Gasteiger partial charge in [-0.1, -0.05) is 20.8 Å². The van der Waals surface area contributed by atoms with Gasteiger partial charge in [-0.05, 0) is 61.9 Å². The Labute approximate surface area is 163 Å². The average Bonchev–Trinajstić information content (AvgIpc) is 2.60. The molecule has 0 bridgehead atoms. The molecule has 0 aromatic heterocycles. The lowest BCUT2D eigenvalue weighted by Crippen LogP contribution is -2.39. The highest BCUT2D eigenvalue weighted by atomic mass is 32.2. The van der Waals surface area contributed by atoms with Crippen LogP contribution in [-0.4, -0.2) is 51.9 Å². The van der Waals surface area contributed by atoms with Crippen LogP contribution in [0, 0.1) is 11.8 Å². The molecule has 2 atom stereocenters. The second kappa shape index (κ2) is 10.2. The Balaban J connectivity index is 1.71. The zero-order valence-corrected chi connectivity index (χ0v) is 17.5. The van der Waals surface area contributed by atoms with Gasteiger partial charge in [0.05, 0.1) is 4.90 Å². The Morgan fingerprint density at radius 3 is 2.33 bits per heavy atom. The summed E-state index contributed by atoms with van der Waals surface area (Å²) in [5, 5.41) is 2.92. The van der Waals surface area contributed by atoms with Crippen molar-refractivity contribution in [1.29, 1.82) is 0 Å². The maximum absolute atomic E-state index is 12.2. The molecule has 1 saturated heterocycles. The fraction of sp³-hybridized carbons (Fsp3) is 0.650. The SMILES string of the molecule is CCNS(=O)(=O)c1ccc(C(=O)NCCCCN2CC(C)CC(C)C2)cc1. The Morgan fingerprint density at radius 1 is 1.11 bits per heavy atom. The normalized spacial score (nSPS) is 21.1. The first-order valence-corrected chi connectivity index (χ1v) is 11.4. The first-order chi connectivity index (χ1) is 12.8. The van der Waals surface area contributed by atoms with Crippen LogP contribution in [-0.2, 0) is 10.0 Å². The second-order valence-electron chi connectivity index (χ2n) is 7.69. The number of sulfonamides is 1. The molecule has 152 valence electrons. The number of benzene rings is 1. The summed E-state index contributed by atoms with van der Waals surface area (Å²) in [7, 11) is -3.48. The number of hydrogen-bond donors (Lipinski definition) is 2. The summed E-state index contributed by atoms with van der Waals surface area (Å²) in [6, 6.07) is 6.03. The van der Waals surface area contributed by atoms with Crippen LogP contribution < -0.4 is 10.0 Å². The van der Waals surface area contributed by atoms with E-state index in [-0.39, 0.29) is 10.8 Å². The van der Waals surface area contributed by atoms with Crippen molar-refractivity contribution in [3.63, 3.8) is 0 Å². The second-order valence-corrected chi connectivity index (χ2v) is 9.46. The number of hydrogen-bond acceptors (Lipinski definition) is 4. The first-order valence-electron chi connectivity index (χ1n) is 9.92. The van der Waals surface area contributed by atoms with E-state index in [4.69, 9.17) is 0 Å². The zero-order chi connectivity index (χ0) is 19.9.